The highest BCUT2D eigenvalue weighted by atomic mass is 19.4. The number of amides is 1. The van der Waals surface area contributed by atoms with E-state index >= 15 is 0 Å². The van der Waals surface area contributed by atoms with Crippen LogP contribution in [0.1, 0.15) is 26.7 Å². The molecular formula is C13H17F2NO2. The van der Waals surface area contributed by atoms with Gasteiger partial charge in [-0.15, -0.1) is 0 Å². The molecule has 0 aliphatic heterocycles. The van der Waals surface area contributed by atoms with Crippen LogP contribution in [0.3, 0.4) is 0 Å². The summed E-state index contributed by atoms with van der Waals surface area (Å²) in [4.78, 5) is 11.4. The number of allylic oxidation sites excluding steroid dienone is 3. The maximum Gasteiger partial charge on any atom is 0.314 e. The number of carbonyl (C=O) groups excluding carboxylic acids is 1. The number of halogens is 2. The van der Waals surface area contributed by atoms with E-state index in [0.717, 1.165) is 12.8 Å². The van der Waals surface area contributed by atoms with Crippen molar-refractivity contribution in [3.63, 3.8) is 0 Å². The van der Waals surface area contributed by atoms with E-state index in [9.17, 15) is 13.8 Å². The molecule has 1 aliphatic carbocycles. The van der Waals surface area contributed by atoms with E-state index in [0.29, 0.717) is 11.3 Å². The third kappa shape index (κ3) is 3.42. The average molecular weight is 257 g/mol. The zero-order valence-electron chi connectivity index (χ0n) is 10.7. The van der Waals surface area contributed by atoms with Gasteiger partial charge in [0.1, 0.15) is 5.76 Å². The molecule has 0 atom stereocenters. The van der Waals surface area contributed by atoms with Gasteiger partial charge in [0.05, 0.1) is 7.11 Å². The first-order valence-electron chi connectivity index (χ1n) is 5.79. The normalized spacial score (nSPS) is 17.7. The summed E-state index contributed by atoms with van der Waals surface area (Å²) < 4.78 is 29.8. The molecule has 0 aromatic rings. The molecule has 0 aromatic carbocycles. The van der Waals surface area contributed by atoms with Crippen LogP contribution in [-0.2, 0) is 9.53 Å². The molecule has 3 nitrogen and oxygen atoms in total. The first kappa shape index (κ1) is 14.4. The van der Waals surface area contributed by atoms with E-state index in [4.69, 9.17) is 4.74 Å². The fourth-order valence-electron chi connectivity index (χ4n) is 1.73. The summed E-state index contributed by atoms with van der Waals surface area (Å²) >= 11 is 0. The first-order valence-corrected chi connectivity index (χ1v) is 5.79. The minimum atomic E-state index is -1.38. The predicted octanol–water partition coefficient (Wildman–Crippen LogP) is 3.42. The van der Waals surface area contributed by atoms with Gasteiger partial charge >= 0.3 is 5.91 Å². The van der Waals surface area contributed by atoms with Gasteiger partial charge in [0, 0.05) is 10.9 Å². The molecular weight excluding hydrogens is 240 g/mol. The van der Waals surface area contributed by atoms with Gasteiger partial charge in [-0.2, -0.15) is 0 Å². The van der Waals surface area contributed by atoms with Crippen molar-refractivity contribution in [2.24, 2.45) is 5.92 Å². The van der Waals surface area contributed by atoms with Crippen LogP contribution in [0.2, 0.25) is 0 Å². The minimum Gasteiger partial charge on any atom is -0.497 e. The second-order valence-electron chi connectivity index (χ2n) is 4.01. The predicted molar refractivity (Wildman–Crippen MR) is 64.4 cm³/mol. The number of hydrogen-bond acceptors (Lipinski definition) is 2. The van der Waals surface area contributed by atoms with Gasteiger partial charge in [0.2, 0.25) is 0 Å². The van der Waals surface area contributed by atoms with E-state index in [-0.39, 0.29) is 11.5 Å². The van der Waals surface area contributed by atoms with Crippen LogP contribution < -0.4 is 0 Å². The highest BCUT2D eigenvalue weighted by molar-refractivity contribution is 5.96. The smallest absolute Gasteiger partial charge is 0.314 e. The molecule has 0 aromatic heterocycles. The highest BCUT2D eigenvalue weighted by Gasteiger charge is 2.32. The maximum atomic E-state index is 12.4. The summed E-state index contributed by atoms with van der Waals surface area (Å²) in [6, 6.07) is 0. The molecule has 1 rings (SSSR count). The molecule has 18 heavy (non-hydrogen) atoms. The molecule has 0 heterocycles. The molecule has 100 valence electrons. The van der Waals surface area contributed by atoms with Gasteiger partial charge in [0.15, 0.2) is 0 Å². The van der Waals surface area contributed by atoms with Crippen molar-refractivity contribution in [3.05, 3.63) is 35.1 Å². The Bertz CT molecular complexity index is 407. The van der Waals surface area contributed by atoms with Crippen molar-refractivity contribution in [2.45, 2.75) is 26.7 Å². The molecule has 1 amide bonds. The van der Waals surface area contributed by atoms with Gasteiger partial charge in [-0.1, -0.05) is 15.0 Å². The molecule has 1 aliphatic rings. The topological polar surface area (TPSA) is 29.5 Å². The lowest BCUT2D eigenvalue weighted by molar-refractivity contribution is -0.182. The van der Waals surface area contributed by atoms with E-state index in [1.807, 2.05) is 0 Å². The Morgan fingerprint density at radius 3 is 2.22 bits per heavy atom. The summed E-state index contributed by atoms with van der Waals surface area (Å²) in [7, 11) is 1.50. The molecule has 1 saturated carbocycles. The van der Waals surface area contributed by atoms with E-state index < -0.39 is 11.3 Å². The highest BCUT2D eigenvalue weighted by Crippen LogP contribution is 2.41. The Balaban J connectivity index is 3.08. The van der Waals surface area contributed by atoms with Crippen molar-refractivity contribution in [1.29, 1.82) is 0 Å². The fraction of sp³-hybridized carbons (Fsp3) is 0.462. The largest absolute Gasteiger partial charge is 0.497 e. The standard InChI is InChI=1S/C13H17F2NO2/c1-4-10(18-3)8-12(9-6-7-9)11(5-2)13(17)16(14)15/h4-5,8-9H,6-7H2,1-3H3/b10-4+,11-5+,12-8-. The Morgan fingerprint density at radius 2 is 1.89 bits per heavy atom. The zero-order valence-corrected chi connectivity index (χ0v) is 10.7. The summed E-state index contributed by atoms with van der Waals surface area (Å²) in [6.07, 6.45) is 6.63. The SMILES string of the molecule is C\C=C(/C=C(\C(=C/C)C(=O)N(F)F)C1CC1)OC. The molecule has 1 fully saturated rings. The molecule has 0 radical (unpaired) electrons. The minimum absolute atomic E-state index is 0.0406. The number of hydrogen-bond donors (Lipinski definition) is 0. The van der Waals surface area contributed by atoms with Gasteiger partial charge < -0.3 is 4.74 Å². The van der Waals surface area contributed by atoms with E-state index in [1.165, 1.54) is 13.2 Å². The van der Waals surface area contributed by atoms with E-state index in [2.05, 4.69) is 0 Å². The molecule has 0 spiro atoms. The van der Waals surface area contributed by atoms with Crippen molar-refractivity contribution in [3.8, 4) is 0 Å². The molecule has 0 saturated heterocycles. The van der Waals surface area contributed by atoms with Crippen molar-refractivity contribution < 1.29 is 18.5 Å². The Morgan fingerprint density at radius 1 is 1.28 bits per heavy atom. The van der Waals surface area contributed by atoms with Crippen molar-refractivity contribution in [1.82, 2.24) is 5.34 Å². The number of nitrogens with zero attached hydrogens (tertiary/aromatic N) is 1. The van der Waals surface area contributed by atoms with Gasteiger partial charge in [-0.25, -0.2) is 0 Å². The van der Waals surface area contributed by atoms with Crippen LogP contribution in [-0.4, -0.2) is 18.4 Å². The number of ether oxygens (including phenoxy) is 1. The van der Waals surface area contributed by atoms with Crippen LogP contribution in [0, 0.1) is 5.92 Å². The summed E-state index contributed by atoms with van der Waals surface area (Å²) in [5, 5.41) is -1.38. The van der Waals surface area contributed by atoms with Crippen molar-refractivity contribution >= 4 is 5.91 Å². The van der Waals surface area contributed by atoms with Crippen LogP contribution in [0.15, 0.2) is 35.1 Å². The lowest BCUT2D eigenvalue weighted by atomic mass is 9.99. The third-order valence-corrected chi connectivity index (χ3v) is 2.82. The van der Waals surface area contributed by atoms with Gasteiger partial charge in [-0.05, 0) is 50.3 Å². The van der Waals surface area contributed by atoms with Crippen LogP contribution in [0.5, 0.6) is 0 Å². The van der Waals surface area contributed by atoms with Gasteiger partial charge in [-0.3, -0.25) is 4.79 Å². The average Bonchev–Trinajstić information content (AvgIpc) is 3.18. The number of methoxy groups -OCH3 is 1. The van der Waals surface area contributed by atoms with Gasteiger partial charge in [0.25, 0.3) is 0 Å². The fourth-order valence-corrected chi connectivity index (χ4v) is 1.73. The van der Waals surface area contributed by atoms with Crippen molar-refractivity contribution in [2.75, 3.05) is 7.11 Å². The quantitative estimate of drug-likeness (QED) is 0.327. The Kier molecular flexibility index (Phi) is 5.07. The first-order chi connectivity index (χ1) is 8.54. The third-order valence-electron chi connectivity index (χ3n) is 2.82. The van der Waals surface area contributed by atoms with Crippen LogP contribution in [0.4, 0.5) is 8.96 Å². The molecule has 0 N–H and O–H groups in total. The zero-order chi connectivity index (χ0) is 13.7. The molecule has 0 bridgehead atoms. The Hall–Kier alpha value is -1.65. The van der Waals surface area contributed by atoms with E-state index in [1.54, 1.807) is 26.0 Å². The monoisotopic (exact) mass is 257 g/mol. The molecule has 5 heteroatoms. The summed E-state index contributed by atoms with van der Waals surface area (Å²) in [5.41, 5.74) is 0.664. The van der Waals surface area contributed by atoms with Crippen LogP contribution >= 0.6 is 0 Å². The molecule has 0 unspecified atom stereocenters. The maximum absolute atomic E-state index is 12.4. The van der Waals surface area contributed by atoms with Crippen LogP contribution in [0.25, 0.3) is 0 Å². The number of rotatable bonds is 5. The lowest BCUT2D eigenvalue weighted by Gasteiger charge is -2.11. The lowest BCUT2D eigenvalue weighted by Crippen LogP contribution is -2.18. The Labute approximate surface area is 105 Å². The summed E-state index contributed by atoms with van der Waals surface area (Å²) in [5.74, 6) is -0.541. The second-order valence-corrected chi connectivity index (χ2v) is 4.01. The second kappa shape index (κ2) is 6.33. The summed E-state index contributed by atoms with van der Waals surface area (Å²) in [6.45, 7) is 3.36. The number of carbonyl (C=O) groups is 1.